The third kappa shape index (κ3) is 4.50. The fourth-order valence-electron chi connectivity index (χ4n) is 3.22. The van der Waals surface area contributed by atoms with Crippen LogP contribution in [0.5, 0.6) is 0 Å². The lowest BCUT2D eigenvalue weighted by atomic mass is 10.1. The van der Waals surface area contributed by atoms with E-state index in [-0.39, 0.29) is 30.2 Å². The molecule has 0 saturated carbocycles. The number of hydrogen-bond donors (Lipinski definition) is 0. The van der Waals surface area contributed by atoms with Crippen molar-refractivity contribution in [3.63, 3.8) is 0 Å². The van der Waals surface area contributed by atoms with Gasteiger partial charge in [0.25, 0.3) is 0 Å². The maximum atomic E-state index is 13.4. The molecule has 1 saturated heterocycles. The van der Waals surface area contributed by atoms with Gasteiger partial charge in [-0.05, 0) is 19.1 Å². The fourth-order valence-corrected chi connectivity index (χ4v) is 3.22. The van der Waals surface area contributed by atoms with Crippen molar-refractivity contribution in [2.45, 2.75) is 26.7 Å². The van der Waals surface area contributed by atoms with Crippen LogP contribution in [0.2, 0.25) is 0 Å². The molecular formula is C19H21F2N3O3. The number of Topliss-reactive ketones (excluding diaryl/α,β-unsaturated/α-hetero) is 1. The molecule has 1 amide bonds. The van der Waals surface area contributed by atoms with Crippen LogP contribution in [0.3, 0.4) is 0 Å². The maximum absolute atomic E-state index is 13.4. The number of benzene rings is 1. The number of aromatic nitrogens is 1. The molecule has 0 atom stereocenters. The Morgan fingerprint density at radius 3 is 2.22 bits per heavy atom. The van der Waals surface area contributed by atoms with Crippen LogP contribution in [0.15, 0.2) is 22.6 Å². The quantitative estimate of drug-likeness (QED) is 0.750. The van der Waals surface area contributed by atoms with Crippen LogP contribution in [-0.4, -0.2) is 47.8 Å². The summed E-state index contributed by atoms with van der Waals surface area (Å²) in [5.41, 5.74) is 0.741. The Bertz CT molecular complexity index is 838. The van der Waals surface area contributed by atoms with Crippen molar-refractivity contribution in [2.75, 3.05) is 31.1 Å². The minimum Gasteiger partial charge on any atom is -0.446 e. The van der Waals surface area contributed by atoms with E-state index in [2.05, 4.69) is 4.98 Å². The topological polar surface area (TPSA) is 66.7 Å². The van der Waals surface area contributed by atoms with E-state index in [9.17, 15) is 18.4 Å². The van der Waals surface area contributed by atoms with Gasteiger partial charge in [-0.1, -0.05) is 0 Å². The smallest absolute Gasteiger partial charge is 0.223 e. The monoisotopic (exact) mass is 377 g/mol. The van der Waals surface area contributed by atoms with Crippen molar-refractivity contribution in [2.24, 2.45) is 0 Å². The second-order valence-corrected chi connectivity index (χ2v) is 6.56. The summed E-state index contributed by atoms with van der Waals surface area (Å²) in [5, 5.41) is 0. The largest absolute Gasteiger partial charge is 0.446 e. The number of oxazole rings is 1. The summed E-state index contributed by atoms with van der Waals surface area (Å²) in [4.78, 5) is 32.1. The predicted octanol–water partition coefficient (Wildman–Crippen LogP) is 2.88. The van der Waals surface area contributed by atoms with Crippen LogP contribution < -0.4 is 4.90 Å². The van der Waals surface area contributed by atoms with Crippen LogP contribution >= 0.6 is 0 Å². The number of nitrogens with zero attached hydrogens (tertiary/aromatic N) is 3. The molecule has 2 aromatic rings. The molecule has 2 heterocycles. The average molecular weight is 377 g/mol. The molecular weight excluding hydrogens is 356 g/mol. The summed E-state index contributed by atoms with van der Waals surface area (Å²) in [6, 6.07) is 3.39. The number of piperazine rings is 1. The number of halogens is 2. The molecule has 0 unspecified atom stereocenters. The Kier molecular flexibility index (Phi) is 5.53. The van der Waals surface area contributed by atoms with Gasteiger partial charge >= 0.3 is 0 Å². The number of amides is 1. The number of rotatable bonds is 5. The Hall–Kier alpha value is -2.77. The van der Waals surface area contributed by atoms with E-state index in [1.54, 1.807) is 18.7 Å². The van der Waals surface area contributed by atoms with Crippen LogP contribution in [0.1, 0.15) is 35.0 Å². The van der Waals surface area contributed by atoms with Crippen molar-refractivity contribution >= 4 is 17.4 Å². The standard InChI is InChI=1S/C19H21F2N3O3/c1-12-19(22-13(2)27-12)17(25)3-4-18(26)24-7-5-23(6-8-24)16-10-14(20)9-15(21)11-16/h9-11H,3-8H2,1-2H3. The minimum absolute atomic E-state index is 0.0704. The van der Waals surface area contributed by atoms with Gasteiger partial charge in [0, 0.05) is 57.7 Å². The first-order valence-electron chi connectivity index (χ1n) is 8.79. The number of carbonyl (C=O) groups is 2. The second kappa shape index (κ2) is 7.85. The summed E-state index contributed by atoms with van der Waals surface area (Å²) in [7, 11) is 0. The molecule has 1 aliphatic rings. The Labute approximate surface area is 155 Å². The predicted molar refractivity (Wildman–Crippen MR) is 94.7 cm³/mol. The lowest BCUT2D eigenvalue weighted by Crippen LogP contribution is -2.48. The van der Waals surface area contributed by atoms with E-state index in [0.717, 1.165) is 6.07 Å². The number of anilines is 1. The molecule has 0 spiro atoms. The van der Waals surface area contributed by atoms with Gasteiger partial charge in [-0.3, -0.25) is 9.59 Å². The molecule has 0 N–H and O–H groups in total. The number of carbonyl (C=O) groups excluding carboxylic acids is 2. The third-order valence-electron chi connectivity index (χ3n) is 4.58. The number of aryl methyl sites for hydroxylation is 2. The first kappa shape index (κ1) is 19.0. The number of hydrogen-bond acceptors (Lipinski definition) is 5. The van der Waals surface area contributed by atoms with E-state index in [1.807, 2.05) is 4.90 Å². The highest BCUT2D eigenvalue weighted by atomic mass is 19.1. The minimum atomic E-state index is -0.625. The third-order valence-corrected chi connectivity index (χ3v) is 4.58. The van der Waals surface area contributed by atoms with Gasteiger partial charge in [0.05, 0.1) is 0 Å². The Morgan fingerprint density at radius 1 is 1.04 bits per heavy atom. The van der Waals surface area contributed by atoms with Crippen LogP contribution in [0.4, 0.5) is 14.5 Å². The first-order chi connectivity index (χ1) is 12.8. The second-order valence-electron chi connectivity index (χ2n) is 6.56. The summed E-state index contributed by atoms with van der Waals surface area (Å²) >= 11 is 0. The highest BCUT2D eigenvalue weighted by Crippen LogP contribution is 2.20. The molecule has 1 fully saturated rings. The van der Waals surface area contributed by atoms with Gasteiger partial charge in [-0.15, -0.1) is 0 Å². The summed E-state index contributed by atoms with van der Waals surface area (Å²) in [6.45, 7) is 5.16. The molecule has 8 heteroatoms. The van der Waals surface area contributed by atoms with E-state index in [0.29, 0.717) is 43.5 Å². The van der Waals surface area contributed by atoms with Crippen molar-refractivity contribution in [3.8, 4) is 0 Å². The van der Waals surface area contributed by atoms with E-state index in [4.69, 9.17) is 4.42 Å². The lowest BCUT2D eigenvalue weighted by molar-refractivity contribution is -0.131. The Morgan fingerprint density at radius 2 is 1.67 bits per heavy atom. The highest BCUT2D eigenvalue weighted by Gasteiger charge is 2.23. The average Bonchev–Trinajstić information content (AvgIpc) is 2.97. The first-order valence-corrected chi connectivity index (χ1v) is 8.79. The fraction of sp³-hybridized carbons (Fsp3) is 0.421. The molecule has 3 rings (SSSR count). The lowest BCUT2D eigenvalue weighted by Gasteiger charge is -2.36. The molecule has 6 nitrogen and oxygen atoms in total. The zero-order valence-electron chi connectivity index (χ0n) is 15.3. The van der Waals surface area contributed by atoms with Crippen molar-refractivity contribution < 1.29 is 22.8 Å². The molecule has 0 bridgehead atoms. The summed E-state index contributed by atoms with van der Waals surface area (Å²) in [6.07, 6.45) is 0.166. The molecule has 1 aromatic heterocycles. The van der Waals surface area contributed by atoms with Gasteiger partial charge in [0.15, 0.2) is 11.7 Å². The van der Waals surface area contributed by atoms with Crippen LogP contribution in [0, 0.1) is 25.5 Å². The molecule has 27 heavy (non-hydrogen) atoms. The van der Waals surface area contributed by atoms with Crippen molar-refractivity contribution in [1.29, 1.82) is 0 Å². The van der Waals surface area contributed by atoms with Gasteiger partial charge in [-0.2, -0.15) is 0 Å². The van der Waals surface area contributed by atoms with Gasteiger partial charge < -0.3 is 14.2 Å². The highest BCUT2D eigenvalue weighted by molar-refractivity contribution is 5.97. The van der Waals surface area contributed by atoms with Gasteiger partial charge in [0.2, 0.25) is 5.91 Å². The van der Waals surface area contributed by atoms with Gasteiger partial charge in [0.1, 0.15) is 23.1 Å². The normalized spacial score (nSPS) is 14.5. The van der Waals surface area contributed by atoms with E-state index >= 15 is 0 Å². The zero-order valence-corrected chi connectivity index (χ0v) is 15.3. The summed E-state index contributed by atoms with van der Waals surface area (Å²) < 4.78 is 32.0. The Balaban J connectivity index is 1.51. The van der Waals surface area contributed by atoms with Gasteiger partial charge in [-0.25, -0.2) is 13.8 Å². The zero-order chi connectivity index (χ0) is 19.6. The molecule has 0 aliphatic carbocycles. The van der Waals surface area contributed by atoms with Crippen molar-refractivity contribution in [3.05, 3.63) is 47.2 Å². The molecule has 1 aliphatic heterocycles. The molecule has 0 radical (unpaired) electrons. The maximum Gasteiger partial charge on any atom is 0.223 e. The molecule has 144 valence electrons. The van der Waals surface area contributed by atoms with Crippen molar-refractivity contribution in [1.82, 2.24) is 9.88 Å². The van der Waals surface area contributed by atoms with E-state index < -0.39 is 11.6 Å². The SMILES string of the molecule is Cc1nc(C(=O)CCC(=O)N2CCN(c3cc(F)cc(F)c3)CC2)c(C)o1. The number of ketones is 1. The molecule has 1 aromatic carbocycles. The van der Waals surface area contributed by atoms with Crippen LogP contribution in [-0.2, 0) is 4.79 Å². The van der Waals surface area contributed by atoms with Crippen LogP contribution in [0.25, 0.3) is 0 Å². The summed E-state index contributed by atoms with van der Waals surface area (Å²) in [5.74, 6) is -0.702. The van der Waals surface area contributed by atoms with E-state index in [1.165, 1.54) is 12.1 Å².